The molecular weight excluding hydrogens is 280 g/mol. The highest BCUT2D eigenvalue weighted by molar-refractivity contribution is 5.32. The van der Waals surface area contributed by atoms with Crippen LogP contribution in [0.5, 0.6) is 0 Å². The highest BCUT2D eigenvalue weighted by Gasteiger charge is 2.30. The van der Waals surface area contributed by atoms with Crippen LogP contribution in [0.2, 0.25) is 0 Å². The molecule has 4 rings (SSSR count). The first kappa shape index (κ1) is 15.7. The predicted octanol–water partition coefficient (Wildman–Crippen LogP) is 3.80. The Kier molecular flexibility index (Phi) is 4.73. The van der Waals surface area contributed by atoms with Gasteiger partial charge in [0.25, 0.3) is 0 Å². The zero-order valence-electron chi connectivity index (χ0n) is 14.8. The van der Waals surface area contributed by atoms with Crippen LogP contribution in [0.25, 0.3) is 0 Å². The van der Waals surface area contributed by atoms with Gasteiger partial charge in [-0.05, 0) is 95.6 Å². The molecule has 2 heteroatoms. The minimum absolute atomic E-state index is 0.822. The van der Waals surface area contributed by atoms with E-state index in [0.29, 0.717) is 0 Å². The van der Waals surface area contributed by atoms with Crippen molar-refractivity contribution < 1.29 is 0 Å². The van der Waals surface area contributed by atoms with Gasteiger partial charge in [-0.1, -0.05) is 23.8 Å². The van der Waals surface area contributed by atoms with Gasteiger partial charge >= 0.3 is 0 Å². The lowest BCUT2D eigenvalue weighted by Gasteiger charge is -2.40. The van der Waals surface area contributed by atoms with E-state index in [0.717, 1.165) is 12.1 Å². The Labute approximate surface area is 141 Å². The van der Waals surface area contributed by atoms with Gasteiger partial charge in [-0.3, -0.25) is 0 Å². The molecule has 0 aromatic heterocycles. The Balaban J connectivity index is 1.33. The van der Waals surface area contributed by atoms with E-state index in [4.69, 9.17) is 0 Å². The zero-order chi connectivity index (χ0) is 15.6. The minimum atomic E-state index is 0.822. The van der Waals surface area contributed by atoms with Gasteiger partial charge in [0.05, 0.1) is 0 Å². The van der Waals surface area contributed by atoms with E-state index in [1.807, 2.05) is 0 Å². The van der Waals surface area contributed by atoms with E-state index >= 15 is 0 Å². The lowest BCUT2D eigenvalue weighted by Crippen LogP contribution is -2.47. The fourth-order valence-electron chi connectivity index (χ4n) is 5.11. The van der Waals surface area contributed by atoms with Crippen LogP contribution in [0.3, 0.4) is 0 Å². The maximum atomic E-state index is 2.82. The van der Waals surface area contributed by atoms with Crippen LogP contribution in [-0.2, 0) is 12.8 Å². The Morgan fingerprint density at radius 1 is 0.739 bits per heavy atom. The molecule has 126 valence electrons. The van der Waals surface area contributed by atoms with Crippen LogP contribution in [0.15, 0.2) is 18.2 Å². The smallest absolute Gasteiger partial charge is 0.0120 e. The molecule has 2 heterocycles. The fraction of sp³-hybridized carbons (Fsp3) is 0.714. The number of benzene rings is 1. The van der Waals surface area contributed by atoms with Crippen molar-refractivity contribution in [3.05, 3.63) is 34.9 Å². The largest absolute Gasteiger partial charge is 0.300 e. The SMILES string of the molecule is Cc1ccc2c(c1)CCC(N1CCC(N3CCCC3)CC1)CC2. The van der Waals surface area contributed by atoms with Gasteiger partial charge < -0.3 is 9.80 Å². The highest BCUT2D eigenvalue weighted by atomic mass is 15.2. The molecule has 0 saturated carbocycles. The van der Waals surface area contributed by atoms with Crippen LogP contribution in [0.4, 0.5) is 0 Å². The van der Waals surface area contributed by atoms with E-state index in [2.05, 4.69) is 34.9 Å². The first-order valence-corrected chi connectivity index (χ1v) is 9.86. The number of fused-ring (bicyclic) bond motifs is 1. The standard InChI is InChI=1S/C21H32N2/c1-17-4-5-18-6-8-20(9-7-19(18)16-17)23-14-10-21(11-15-23)22-12-2-3-13-22/h4-5,16,20-21H,2-3,6-15H2,1H3. The normalized spacial score (nSPS) is 27.8. The van der Waals surface area contributed by atoms with Gasteiger partial charge in [-0.15, -0.1) is 0 Å². The molecule has 1 aromatic carbocycles. The summed E-state index contributed by atoms with van der Waals surface area (Å²) >= 11 is 0. The van der Waals surface area contributed by atoms with Crippen molar-refractivity contribution in [1.82, 2.24) is 9.80 Å². The van der Waals surface area contributed by atoms with Crippen molar-refractivity contribution in [2.75, 3.05) is 26.2 Å². The van der Waals surface area contributed by atoms with E-state index < -0.39 is 0 Å². The molecule has 23 heavy (non-hydrogen) atoms. The molecule has 1 atom stereocenters. The number of nitrogens with zero attached hydrogens (tertiary/aromatic N) is 2. The molecule has 1 unspecified atom stereocenters. The summed E-state index contributed by atoms with van der Waals surface area (Å²) in [4.78, 5) is 5.59. The molecular formula is C21H32N2. The number of hydrogen-bond acceptors (Lipinski definition) is 2. The molecule has 1 aliphatic carbocycles. The number of rotatable bonds is 2. The molecule has 2 saturated heterocycles. The Morgan fingerprint density at radius 2 is 1.35 bits per heavy atom. The fourth-order valence-corrected chi connectivity index (χ4v) is 5.11. The Bertz CT molecular complexity index is 525. The molecule has 0 spiro atoms. The highest BCUT2D eigenvalue weighted by Crippen LogP contribution is 2.28. The molecule has 1 aromatic rings. The average Bonchev–Trinajstić information content (AvgIpc) is 3.03. The summed E-state index contributed by atoms with van der Waals surface area (Å²) in [6.45, 7) is 7.62. The second-order valence-corrected chi connectivity index (χ2v) is 8.01. The summed E-state index contributed by atoms with van der Waals surface area (Å²) in [7, 11) is 0. The molecule has 2 nitrogen and oxygen atoms in total. The van der Waals surface area contributed by atoms with Crippen LogP contribution < -0.4 is 0 Å². The van der Waals surface area contributed by atoms with Gasteiger partial charge in [0.15, 0.2) is 0 Å². The quantitative estimate of drug-likeness (QED) is 0.766. The summed E-state index contributed by atoms with van der Waals surface area (Å²) in [5.41, 5.74) is 4.66. The van der Waals surface area contributed by atoms with Crippen molar-refractivity contribution in [3.63, 3.8) is 0 Å². The molecule has 2 aliphatic heterocycles. The summed E-state index contributed by atoms with van der Waals surface area (Å²) in [6, 6.07) is 8.81. The molecule has 0 bridgehead atoms. The van der Waals surface area contributed by atoms with E-state index in [1.54, 1.807) is 11.1 Å². The van der Waals surface area contributed by atoms with Gasteiger partial charge in [-0.25, -0.2) is 0 Å². The molecule has 0 radical (unpaired) electrons. The first-order valence-electron chi connectivity index (χ1n) is 9.86. The lowest BCUT2D eigenvalue weighted by atomic mass is 9.98. The number of hydrogen-bond donors (Lipinski definition) is 0. The molecule has 0 N–H and O–H groups in total. The Hall–Kier alpha value is -0.860. The topological polar surface area (TPSA) is 6.48 Å². The van der Waals surface area contributed by atoms with Crippen LogP contribution in [0.1, 0.15) is 55.2 Å². The summed E-state index contributed by atoms with van der Waals surface area (Å²) in [6.07, 6.45) is 11.0. The third-order valence-corrected chi connectivity index (χ3v) is 6.53. The minimum Gasteiger partial charge on any atom is -0.300 e. The third-order valence-electron chi connectivity index (χ3n) is 6.53. The van der Waals surface area contributed by atoms with Crippen LogP contribution in [-0.4, -0.2) is 48.1 Å². The zero-order valence-corrected chi connectivity index (χ0v) is 14.8. The predicted molar refractivity (Wildman–Crippen MR) is 97.0 cm³/mol. The van der Waals surface area contributed by atoms with Gasteiger partial charge in [0, 0.05) is 12.1 Å². The van der Waals surface area contributed by atoms with Crippen LogP contribution >= 0.6 is 0 Å². The lowest BCUT2D eigenvalue weighted by molar-refractivity contribution is 0.0900. The van der Waals surface area contributed by atoms with E-state index in [1.165, 1.54) is 83.1 Å². The van der Waals surface area contributed by atoms with E-state index in [9.17, 15) is 0 Å². The van der Waals surface area contributed by atoms with Crippen molar-refractivity contribution >= 4 is 0 Å². The summed E-state index contributed by atoms with van der Waals surface area (Å²) < 4.78 is 0. The molecule has 2 fully saturated rings. The van der Waals surface area contributed by atoms with Crippen molar-refractivity contribution in [3.8, 4) is 0 Å². The third kappa shape index (κ3) is 3.49. The van der Waals surface area contributed by atoms with Gasteiger partial charge in [-0.2, -0.15) is 0 Å². The monoisotopic (exact) mass is 312 g/mol. The summed E-state index contributed by atoms with van der Waals surface area (Å²) in [5.74, 6) is 0. The van der Waals surface area contributed by atoms with Crippen LogP contribution in [0, 0.1) is 6.92 Å². The summed E-state index contributed by atoms with van der Waals surface area (Å²) in [5, 5.41) is 0. The maximum Gasteiger partial charge on any atom is 0.0120 e. The number of likely N-dealkylation sites (tertiary alicyclic amines) is 2. The van der Waals surface area contributed by atoms with Crippen molar-refractivity contribution in [2.45, 2.75) is 70.4 Å². The second kappa shape index (κ2) is 6.94. The van der Waals surface area contributed by atoms with Gasteiger partial charge in [0.2, 0.25) is 0 Å². The van der Waals surface area contributed by atoms with Crippen molar-refractivity contribution in [2.24, 2.45) is 0 Å². The van der Waals surface area contributed by atoms with E-state index in [-0.39, 0.29) is 0 Å². The molecule has 3 aliphatic rings. The maximum absolute atomic E-state index is 2.82. The molecule has 0 amide bonds. The Morgan fingerprint density at radius 3 is 2.09 bits per heavy atom. The average molecular weight is 313 g/mol. The first-order chi connectivity index (χ1) is 11.3. The second-order valence-electron chi connectivity index (χ2n) is 8.01. The number of aryl methyl sites for hydroxylation is 3. The number of piperidine rings is 1. The van der Waals surface area contributed by atoms with Gasteiger partial charge in [0.1, 0.15) is 0 Å². The van der Waals surface area contributed by atoms with Crippen molar-refractivity contribution in [1.29, 1.82) is 0 Å².